The summed E-state index contributed by atoms with van der Waals surface area (Å²) in [5, 5.41) is 8.39. The van der Waals surface area contributed by atoms with Crippen molar-refractivity contribution in [2.75, 3.05) is 26.2 Å². The van der Waals surface area contributed by atoms with Crippen LogP contribution < -0.4 is 16.0 Å². The molecular formula is C13H24N4O2. The van der Waals surface area contributed by atoms with E-state index in [0.29, 0.717) is 25.2 Å². The van der Waals surface area contributed by atoms with E-state index in [1.807, 2.05) is 6.92 Å². The fraction of sp³-hybridized carbons (Fsp3) is 0.846. The van der Waals surface area contributed by atoms with Crippen LogP contribution in [-0.2, 0) is 4.79 Å². The van der Waals surface area contributed by atoms with Crippen LogP contribution in [0.4, 0.5) is 4.79 Å². The van der Waals surface area contributed by atoms with Crippen molar-refractivity contribution in [1.82, 2.24) is 20.9 Å². The molecule has 1 aliphatic carbocycles. The Morgan fingerprint density at radius 1 is 1.32 bits per heavy atom. The van der Waals surface area contributed by atoms with Crippen LogP contribution in [0, 0.1) is 0 Å². The molecule has 2 rings (SSSR count). The highest BCUT2D eigenvalue weighted by atomic mass is 16.2. The number of carbonyl (C=O) groups is 2. The number of imide groups is 1. The minimum absolute atomic E-state index is 0.212. The van der Waals surface area contributed by atoms with Gasteiger partial charge in [-0.15, -0.1) is 0 Å². The fourth-order valence-electron chi connectivity index (χ4n) is 2.53. The van der Waals surface area contributed by atoms with Gasteiger partial charge in [0.1, 0.15) is 0 Å². The van der Waals surface area contributed by atoms with E-state index in [2.05, 4.69) is 20.9 Å². The second-order valence-electron chi connectivity index (χ2n) is 5.36. The molecule has 3 amide bonds. The molecular weight excluding hydrogens is 244 g/mol. The highest BCUT2D eigenvalue weighted by molar-refractivity contribution is 5.95. The topological polar surface area (TPSA) is 73.5 Å². The highest BCUT2D eigenvalue weighted by Gasteiger charge is 2.32. The second-order valence-corrected chi connectivity index (χ2v) is 5.36. The lowest BCUT2D eigenvalue weighted by molar-refractivity contribution is -0.121. The van der Waals surface area contributed by atoms with Gasteiger partial charge in [0.2, 0.25) is 5.91 Å². The van der Waals surface area contributed by atoms with Gasteiger partial charge in [-0.25, -0.2) is 4.79 Å². The molecule has 2 aliphatic rings. The molecule has 0 aromatic heterocycles. The predicted molar refractivity (Wildman–Crippen MR) is 72.8 cm³/mol. The van der Waals surface area contributed by atoms with Gasteiger partial charge in [0.05, 0.1) is 6.54 Å². The van der Waals surface area contributed by atoms with Crippen LogP contribution in [0.25, 0.3) is 0 Å². The molecule has 1 saturated carbocycles. The first-order valence-electron chi connectivity index (χ1n) is 7.24. The molecule has 1 atom stereocenters. The Hall–Kier alpha value is -1.14. The number of urea groups is 1. The molecule has 1 aliphatic heterocycles. The maximum atomic E-state index is 11.8. The van der Waals surface area contributed by atoms with Crippen molar-refractivity contribution in [3.8, 4) is 0 Å². The maximum Gasteiger partial charge on any atom is 0.321 e. The van der Waals surface area contributed by atoms with Crippen molar-refractivity contribution in [2.45, 2.75) is 44.7 Å². The zero-order chi connectivity index (χ0) is 13.7. The van der Waals surface area contributed by atoms with Crippen LogP contribution >= 0.6 is 0 Å². The molecule has 2 fully saturated rings. The Morgan fingerprint density at radius 2 is 2.11 bits per heavy atom. The summed E-state index contributed by atoms with van der Waals surface area (Å²) in [6.45, 7) is 4.66. The van der Waals surface area contributed by atoms with E-state index in [-0.39, 0.29) is 5.91 Å². The normalized spacial score (nSPS) is 22.5. The molecule has 0 radical (unpaired) electrons. The average Bonchev–Trinajstić information content (AvgIpc) is 3.08. The van der Waals surface area contributed by atoms with E-state index < -0.39 is 6.03 Å². The van der Waals surface area contributed by atoms with Gasteiger partial charge in [0.25, 0.3) is 0 Å². The zero-order valence-electron chi connectivity index (χ0n) is 11.6. The number of amides is 3. The van der Waals surface area contributed by atoms with E-state index in [1.54, 1.807) is 0 Å². The molecule has 0 aromatic carbocycles. The first-order chi connectivity index (χ1) is 9.19. The zero-order valence-corrected chi connectivity index (χ0v) is 11.6. The fourth-order valence-corrected chi connectivity index (χ4v) is 2.53. The van der Waals surface area contributed by atoms with Crippen LogP contribution in [-0.4, -0.2) is 55.1 Å². The third-order valence-electron chi connectivity index (χ3n) is 3.62. The van der Waals surface area contributed by atoms with Gasteiger partial charge in [0, 0.05) is 25.2 Å². The monoisotopic (exact) mass is 268 g/mol. The molecule has 0 spiro atoms. The van der Waals surface area contributed by atoms with Gasteiger partial charge in [-0.3, -0.25) is 15.0 Å². The SMILES string of the molecule is CCNC(=O)NC(=O)CN(CC1CCCN1)C1CC1. The van der Waals surface area contributed by atoms with Crippen molar-refractivity contribution in [3.63, 3.8) is 0 Å². The molecule has 0 aromatic rings. The molecule has 1 unspecified atom stereocenters. The molecule has 19 heavy (non-hydrogen) atoms. The first-order valence-corrected chi connectivity index (χ1v) is 7.24. The Labute approximate surface area is 114 Å². The van der Waals surface area contributed by atoms with Crippen LogP contribution in [0.15, 0.2) is 0 Å². The minimum atomic E-state index is -0.401. The summed E-state index contributed by atoms with van der Waals surface area (Å²) in [6, 6.07) is 0.627. The molecule has 0 bridgehead atoms. The summed E-state index contributed by atoms with van der Waals surface area (Å²) < 4.78 is 0. The van der Waals surface area contributed by atoms with Crippen LogP contribution in [0.3, 0.4) is 0 Å². The molecule has 1 saturated heterocycles. The molecule has 3 N–H and O–H groups in total. The number of rotatable bonds is 6. The Balaban J connectivity index is 1.75. The smallest absolute Gasteiger partial charge is 0.321 e. The summed E-state index contributed by atoms with van der Waals surface area (Å²) in [7, 11) is 0. The van der Waals surface area contributed by atoms with Crippen molar-refractivity contribution in [3.05, 3.63) is 0 Å². The van der Waals surface area contributed by atoms with Gasteiger partial charge in [0.15, 0.2) is 0 Å². The highest BCUT2D eigenvalue weighted by Crippen LogP contribution is 2.27. The third kappa shape index (κ3) is 4.80. The Morgan fingerprint density at radius 3 is 2.68 bits per heavy atom. The largest absolute Gasteiger partial charge is 0.338 e. The minimum Gasteiger partial charge on any atom is -0.338 e. The van der Waals surface area contributed by atoms with E-state index in [0.717, 1.165) is 13.1 Å². The van der Waals surface area contributed by atoms with E-state index in [9.17, 15) is 9.59 Å². The van der Waals surface area contributed by atoms with E-state index in [4.69, 9.17) is 0 Å². The van der Waals surface area contributed by atoms with E-state index in [1.165, 1.54) is 25.7 Å². The molecule has 108 valence electrons. The number of hydrogen-bond donors (Lipinski definition) is 3. The quantitative estimate of drug-likeness (QED) is 0.636. The van der Waals surface area contributed by atoms with Crippen molar-refractivity contribution >= 4 is 11.9 Å². The molecule has 6 nitrogen and oxygen atoms in total. The van der Waals surface area contributed by atoms with Gasteiger partial charge in [-0.05, 0) is 39.2 Å². The summed E-state index contributed by atoms with van der Waals surface area (Å²) in [4.78, 5) is 25.3. The van der Waals surface area contributed by atoms with Crippen molar-refractivity contribution < 1.29 is 9.59 Å². The lowest BCUT2D eigenvalue weighted by atomic mass is 10.2. The van der Waals surface area contributed by atoms with Gasteiger partial charge in [-0.2, -0.15) is 0 Å². The van der Waals surface area contributed by atoms with E-state index >= 15 is 0 Å². The molecule has 6 heteroatoms. The summed E-state index contributed by atoms with van der Waals surface area (Å²) in [5.74, 6) is -0.212. The lowest BCUT2D eigenvalue weighted by Gasteiger charge is -2.24. The number of nitrogens with zero attached hydrogens (tertiary/aromatic N) is 1. The number of carbonyl (C=O) groups excluding carboxylic acids is 2. The van der Waals surface area contributed by atoms with Gasteiger partial charge in [-0.1, -0.05) is 0 Å². The van der Waals surface area contributed by atoms with Crippen molar-refractivity contribution in [2.24, 2.45) is 0 Å². The Kier molecular flexibility index (Phi) is 5.15. The predicted octanol–water partition coefficient (Wildman–Crippen LogP) is 0.0485. The number of nitrogens with one attached hydrogen (secondary N) is 3. The van der Waals surface area contributed by atoms with Gasteiger partial charge >= 0.3 is 6.03 Å². The first kappa shape index (κ1) is 14.3. The van der Waals surface area contributed by atoms with Crippen molar-refractivity contribution in [1.29, 1.82) is 0 Å². The van der Waals surface area contributed by atoms with Gasteiger partial charge < -0.3 is 10.6 Å². The summed E-state index contributed by atoms with van der Waals surface area (Å²) in [5.41, 5.74) is 0. The van der Waals surface area contributed by atoms with Crippen LogP contribution in [0.5, 0.6) is 0 Å². The summed E-state index contributed by atoms with van der Waals surface area (Å²) in [6.07, 6.45) is 4.73. The Bertz CT molecular complexity index is 325. The maximum absolute atomic E-state index is 11.8. The third-order valence-corrected chi connectivity index (χ3v) is 3.62. The lowest BCUT2D eigenvalue weighted by Crippen LogP contribution is -2.47. The van der Waals surface area contributed by atoms with Crippen LogP contribution in [0.1, 0.15) is 32.6 Å². The standard InChI is InChI=1S/C13H24N4O2/c1-2-14-13(19)16-12(18)9-17(11-5-6-11)8-10-4-3-7-15-10/h10-11,15H,2-9H2,1H3,(H2,14,16,18,19). The second kappa shape index (κ2) is 6.86. The number of hydrogen-bond acceptors (Lipinski definition) is 4. The average molecular weight is 268 g/mol. The molecule has 1 heterocycles. The summed E-state index contributed by atoms with van der Waals surface area (Å²) >= 11 is 0. The van der Waals surface area contributed by atoms with Crippen LogP contribution in [0.2, 0.25) is 0 Å².